The number of hydrogen-bond donors (Lipinski definition) is 2. The van der Waals surface area contributed by atoms with Gasteiger partial charge in [-0.1, -0.05) is 12.1 Å². The van der Waals surface area contributed by atoms with Gasteiger partial charge in [0.15, 0.2) is 5.11 Å². The highest BCUT2D eigenvalue weighted by Gasteiger charge is 2.14. The van der Waals surface area contributed by atoms with Crippen LogP contribution < -0.4 is 15.5 Å². The fourth-order valence-corrected chi connectivity index (χ4v) is 2.12. The molecule has 0 spiro atoms. The predicted octanol–water partition coefficient (Wildman–Crippen LogP) is 1.67. The Bertz CT molecular complexity index is 473. The minimum Gasteiger partial charge on any atom is -0.496 e. The third kappa shape index (κ3) is 4.47. The quantitative estimate of drug-likeness (QED) is 0.491. The summed E-state index contributed by atoms with van der Waals surface area (Å²) in [4.78, 5) is 0. The van der Waals surface area contributed by atoms with Crippen molar-refractivity contribution in [2.45, 2.75) is 18.9 Å². The van der Waals surface area contributed by atoms with E-state index in [-0.39, 0.29) is 6.10 Å². The highest BCUT2D eigenvalue weighted by Crippen LogP contribution is 2.14. The third-order valence-corrected chi connectivity index (χ3v) is 3.26. The Hall–Kier alpha value is -1.66. The molecule has 0 aliphatic carbocycles. The number of benzene rings is 1. The van der Waals surface area contributed by atoms with Crippen LogP contribution in [0.15, 0.2) is 29.4 Å². The van der Waals surface area contributed by atoms with Gasteiger partial charge in [0.05, 0.1) is 19.4 Å². The maximum atomic E-state index is 5.50. The van der Waals surface area contributed by atoms with Crippen molar-refractivity contribution in [2.24, 2.45) is 5.10 Å². The maximum Gasteiger partial charge on any atom is 0.187 e. The molecular formula is C14H19N3O2S. The number of thiocarbonyl (C=S) groups is 1. The lowest BCUT2D eigenvalue weighted by Crippen LogP contribution is -2.37. The van der Waals surface area contributed by atoms with E-state index in [2.05, 4.69) is 15.8 Å². The zero-order valence-corrected chi connectivity index (χ0v) is 12.3. The van der Waals surface area contributed by atoms with E-state index in [1.165, 1.54) is 0 Å². The van der Waals surface area contributed by atoms with E-state index >= 15 is 0 Å². The Balaban J connectivity index is 1.75. The maximum absolute atomic E-state index is 5.50. The molecule has 2 rings (SSSR count). The lowest BCUT2D eigenvalue weighted by molar-refractivity contribution is 0.114. The molecule has 0 amide bonds. The van der Waals surface area contributed by atoms with Crippen molar-refractivity contribution < 1.29 is 9.47 Å². The molecule has 2 N–H and O–H groups in total. The minimum absolute atomic E-state index is 0.257. The summed E-state index contributed by atoms with van der Waals surface area (Å²) in [6, 6.07) is 7.65. The number of para-hydroxylation sites is 1. The van der Waals surface area contributed by atoms with Crippen LogP contribution in [-0.2, 0) is 4.74 Å². The van der Waals surface area contributed by atoms with Gasteiger partial charge in [-0.3, -0.25) is 5.43 Å². The SMILES string of the molecule is COc1ccccc1/C=N/NC(=S)NCC1CCCO1. The second kappa shape index (κ2) is 7.81. The zero-order chi connectivity index (χ0) is 14.2. The number of methoxy groups -OCH3 is 1. The van der Waals surface area contributed by atoms with Gasteiger partial charge < -0.3 is 14.8 Å². The highest BCUT2D eigenvalue weighted by atomic mass is 32.1. The monoisotopic (exact) mass is 293 g/mol. The van der Waals surface area contributed by atoms with E-state index in [1.807, 2.05) is 24.3 Å². The van der Waals surface area contributed by atoms with Gasteiger partial charge in [0.2, 0.25) is 0 Å². The summed E-state index contributed by atoms with van der Waals surface area (Å²) >= 11 is 5.14. The standard InChI is InChI=1S/C14H19N3O2S/c1-18-13-7-3-2-5-11(13)9-16-17-14(20)15-10-12-6-4-8-19-12/h2-3,5,7,9,12H,4,6,8,10H2,1H3,(H2,15,17,20)/b16-9+. The third-order valence-electron chi connectivity index (χ3n) is 3.02. The molecule has 1 saturated heterocycles. The summed E-state index contributed by atoms with van der Waals surface area (Å²) in [5.74, 6) is 0.774. The zero-order valence-electron chi connectivity index (χ0n) is 11.5. The Morgan fingerprint density at radius 2 is 2.40 bits per heavy atom. The fraction of sp³-hybridized carbons (Fsp3) is 0.429. The van der Waals surface area contributed by atoms with Crippen LogP contribution in [0.25, 0.3) is 0 Å². The Morgan fingerprint density at radius 3 is 3.15 bits per heavy atom. The van der Waals surface area contributed by atoms with Crippen molar-refractivity contribution in [3.63, 3.8) is 0 Å². The van der Waals surface area contributed by atoms with Crippen molar-refractivity contribution in [1.82, 2.24) is 10.7 Å². The van der Waals surface area contributed by atoms with E-state index in [9.17, 15) is 0 Å². The molecule has 1 heterocycles. The van der Waals surface area contributed by atoms with Gasteiger partial charge >= 0.3 is 0 Å². The van der Waals surface area contributed by atoms with Gasteiger partial charge in [0.25, 0.3) is 0 Å². The first-order valence-electron chi connectivity index (χ1n) is 6.61. The molecule has 1 aromatic carbocycles. The van der Waals surface area contributed by atoms with Gasteiger partial charge in [-0.25, -0.2) is 0 Å². The van der Waals surface area contributed by atoms with Crippen LogP contribution in [0.2, 0.25) is 0 Å². The minimum atomic E-state index is 0.257. The van der Waals surface area contributed by atoms with Crippen molar-refractivity contribution in [1.29, 1.82) is 0 Å². The highest BCUT2D eigenvalue weighted by molar-refractivity contribution is 7.80. The first-order chi connectivity index (χ1) is 9.79. The van der Waals surface area contributed by atoms with Crippen LogP contribution in [0, 0.1) is 0 Å². The molecule has 1 aliphatic heterocycles. The molecule has 0 bridgehead atoms. The summed E-state index contributed by atoms with van der Waals surface area (Å²) in [6.07, 6.45) is 4.14. The average molecular weight is 293 g/mol. The van der Waals surface area contributed by atoms with Gasteiger partial charge in [-0.05, 0) is 37.2 Å². The van der Waals surface area contributed by atoms with Crippen molar-refractivity contribution in [3.8, 4) is 5.75 Å². The Kier molecular flexibility index (Phi) is 5.76. The molecule has 1 aromatic rings. The van der Waals surface area contributed by atoms with Gasteiger partial charge in [-0.2, -0.15) is 5.10 Å². The molecule has 1 aliphatic rings. The molecule has 1 unspecified atom stereocenters. The largest absolute Gasteiger partial charge is 0.496 e. The second-order valence-electron chi connectivity index (χ2n) is 4.46. The molecule has 108 valence electrons. The first kappa shape index (κ1) is 14.7. The molecule has 0 saturated carbocycles. The lowest BCUT2D eigenvalue weighted by Gasteiger charge is -2.11. The van der Waals surface area contributed by atoms with Crippen LogP contribution in [0.3, 0.4) is 0 Å². The molecule has 1 fully saturated rings. The summed E-state index contributed by atoms with van der Waals surface area (Å²) in [5, 5.41) is 7.68. The number of hydrogen-bond acceptors (Lipinski definition) is 4. The van der Waals surface area contributed by atoms with Crippen LogP contribution in [0.5, 0.6) is 5.75 Å². The van der Waals surface area contributed by atoms with E-state index in [1.54, 1.807) is 13.3 Å². The smallest absolute Gasteiger partial charge is 0.187 e. The average Bonchev–Trinajstić information content (AvgIpc) is 2.99. The second-order valence-corrected chi connectivity index (χ2v) is 4.87. The summed E-state index contributed by atoms with van der Waals surface area (Å²) in [7, 11) is 1.63. The Morgan fingerprint density at radius 1 is 1.55 bits per heavy atom. The van der Waals surface area contributed by atoms with Gasteiger partial charge in [0.1, 0.15) is 5.75 Å². The summed E-state index contributed by atoms with van der Waals surface area (Å²) < 4.78 is 10.7. The van der Waals surface area contributed by atoms with Gasteiger partial charge in [-0.15, -0.1) is 0 Å². The van der Waals surface area contributed by atoms with Crippen LogP contribution in [-0.4, -0.2) is 37.7 Å². The lowest BCUT2D eigenvalue weighted by atomic mass is 10.2. The number of hydrazone groups is 1. The number of ether oxygens (including phenoxy) is 2. The number of nitrogens with one attached hydrogen (secondary N) is 2. The van der Waals surface area contributed by atoms with E-state index in [4.69, 9.17) is 21.7 Å². The van der Waals surface area contributed by atoms with Crippen molar-refractivity contribution in [2.75, 3.05) is 20.3 Å². The van der Waals surface area contributed by atoms with Crippen LogP contribution in [0.4, 0.5) is 0 Å². The normalized spacial score (nSPS) is 18.1. The van der Waals surface area contributed by atoms with Crippen LogP contribution in [0.1, 0.15) is 18.4 Å². The van der Waals surface area contributed by atoms with Crippen molar-refractivity contribution in [3.05, 3.63) is 29.8 Å². The number of nitrogens with zero attached hydrogens (tertiary/aromatic N) is 1. The summed E-state index contributed by atoms with van der Waals surface area (Å²) in [5.41, 5.74) is 3.68. The number of rotatable bonds is 5. The molecule has 20 heavy (non-hydrogen) atoms. The Labute approximate surface area is 124 Å². The molecule has 1 atom stereocenters. The van der Waals surface area contributed by atoms with E-state index < -0.39 is 0 Å². The molecule has 0 radical (unpaired) electrons. The van der Waals surface area contributed by atoms with Crippen molar-refractivity contribution >= 4 is 23.5 Å². The van der Waals surface area contributed by atoms with E-state index in [0.717, 1.165) is 37.3 Å². The fourth-order valence-electron chi connectivity index (χ4n) is 1.98. The topological polar surface area (TPSA) is 54.9 Å². The van der Waals surface area contributed by atoms with Gasteiger partial charge in [0, 0.05) is 18.7 Å². The van der Waals surface area contributed by atoms with E-state index in [0.29, 0.717) is 5.11 Å². The molecule has 6 heteroatoms. The molecular weight excluding hydrogens is 274 g/mol. The predicted molar refractivity (Wildman–Crippen MR) is 83.3 cm³/mol. The van der Waals surface area contributed by atoms with Crippen LogP contribution >= 0.6 is 12.2 Å². The first-order valence-corrected chi connectivity index (χ1v) is 7.02. The summed E-state index contributed by atoms with van der Waals surface area (Å²) in [6.45, 7) is 1.56. The molecule has 0 aromatic heterocycles. The molecule has 5 nitrogen and oxygen atoms in total.